The first kappa shape index (κ1) is 21.2. The van der Waals surface area contributed by atoms with Gasteiger partial charge in [-0.1, -0.05) is 30.3 Å². The summed E-state index contributed by atoms with van der Waals surface area (Å²) in [5.41, 5.74) is 1.01. The summed E-state index contributed by atoms with van der Waals surface area (Å²) in [7, 11) is 0. The summed E-state index contributed by atoms with van der Waals surface area (Å²) < 4.78 is 35.1. The normalized spacial score (nSPS) is 29.5. The third-order valence-electron chi connectivity index (χ3n) is 4.65. The number of hydrogen-bond donors (Lipinski definition) is 0. The average molecular weight is 394 g/mol. The second kappa shape index (κ2) is 8.47. The van der Waals surface area contributed by atoms with E-state index in [0.717, 1.165) is 5.56 Å². The van der Waals surface area contributed by atoms with Gasteiger partial charge in [0, 0.05) is 0 Å². The summed E-state index contributed by atoms with van der Waals surface area (Å²) in [5, 5.41) is 0. The van der Waals surface area contributed by atoms with E-state index in [4.69, 9.17) is 28.4 Å². The van der Waals surface area contributed by atoms with Crippen LogP contribution in [0.25, 0.3) is 0 Å². The minimum absolute atomic E-state index is 0.261. The predicted octanol–water partition coefficient (Wildman–Crippen LogP) is 2.81. The smallest absolute Gasteiger partial charge is 0.338 e. The number of ether oxygens (including phenoxy) is 6. The van der Waals surface area contributed by atoms with Gasteiger partial charge in [0.1, 0.15) is 18.3 Å². The molecule has 0 bridgehead atoms. The van der Waals surface area contributed by atoms with Crippen LogP contribution >= 0.6 is 0 Å². The van der Waals surface area contributed by atoms with Crippen LogP contribution in [0.5, 0.6) is 0 Å². The van der Waals surface area contributed by atoms with Crippen molar-refractivity contribution in [3.63, 3.8) is 0 Å². The number of hydrogen-bond acceptors (Lipinski definition) is 7. The molecule has 2 aliphatic rings. The van der Waals surface area contributed by atoms with Crippen LogP contribution in [-0.4, -0.2) is 55.2 Å². The fraction of sp³-hybridized carbons (Fsp3) is 0.667. The van der Waals surface area contributed by atoms with Gasteiger partial charge in [-0.25, -0.2) is 4.79 Å². The molecule has 0 aromatic heterocycles. The van der Waals surface area contributed by atoms with Gasteiger partial charge in [0.25, 0.3) is 0 Å². The van der Waals surface area contributed by atoms with Crippen molar-refractivity contribution in [1.82, 2.24) is 0 Å². The van der Waals surface area contributed by atoms with Crippen molar-refractivity contribution in [2.24, 2.45) is 0 Å². The molecule has 2 fully saturated rings. The van der Waals surface area contributed by atoms with E-state index in [-0.39, 0.29) is 6.61 Å². The molecular formula is C21H30O7. The Bertz CT molecular complexity index is 658. The van der Waals surface area contributed by atoms with Crippen molar-refractivity contribution in [3.05, 3.63) is 35.9 Å². The van der Waals surface area contributed by atoms with Crippen LogP contribution in [0.15, 0.2) is 30.3 Å². The molecule has 4 atom stereocenters. The maximum Gasteiger partial charge on any atom is 0.338 e. The number of carbonyl (C=O) groups is 1. The topological polar surface area (TPSA) is 72.5 Å². The van der Waals surface area contributed by atoms with E-state index >= 15 is 0 Å². The van der Waals surface area contributed by atoms with Crippen molar-refractivity contribution >= 4 is 5.97 Å². The Balaban J connectivity index is 1.82. The largest absolute Gasteiger partial charge is 0.464 e. The van der Waals surface area contributed by atoms with E-state index in [9.17, 15) is 4.79 Å². The van der Waals surface area contributed by atoms with E-state index in [2.05, 4.69) is 0 Å². The van der Waals surface area contributed by atoms with E-state index in [1.165, 1.54) is 0 Å². The van der Waals surface area contributed by atoms with Gasteiger partial charge >= 0.3 is 5.97 Å². The Hall–Kier alpha value is -1.51. The molecule has 0 saturated carbocycles. The van der Waals surface area contributed by atoms with Crippen LogP contribution in [0.3, 0.4) is 0 Å². The molecule has 0 N–H and O–H groups in total. The third kappa shape index (κ3) is 5.10. The lowest BCUT2D eigenvalue weighted by Gasteiger charge is -2.30. The van der Waals surface area contributed by atoms with Gasteiger partial charge in [-0.05, 0) is 40.2 Å². The van der Waals surface area contributed by atoms with Gasteiger partial charge in [-0.2, -0.15) is 0 Å². The van der Waals surface area contributed by atoms with Crippen molar-refractivity contribution in [3.8, 4) is 0 Å². The monoisotopic (exact) mass is 394 g/mol. The maximum absolute atomic E-state index is 12.5. The minimum atomic E-state index is -0.939. The van der Waals surface area contributed by atoms with Gasteiger partial charge in [-0.15, -0.1) is 0 Å². The summed E-state index contributed by atoms with van der Waals surface area (Å²) in [6.07, 6.45) is -2.56. The van der Waals surface area contributed by atoms with E-state index in [1.807, 2.05) is 44.2 Å². The highest BCUT2D eigenvalue weighted by Gasteiger charge is 2.54. The molecule has 0 spiro atoms. The second-order valence-corrected chi connectivity index (χ2v) is 7.90. The van der Waals surface area contributed by atoms with E-state index < -0.39 is 42.0 Å². The van der Waals surface area contributed by atoms with Gasteiger partial charge in [0.2, 0.25) is 0 Å². The SMILES string of the molecule is CCOC(=O)[C@@H]1OC(C)(C)O[C@H]1[C@@H](OCc1ccccc1)[C@@H]1COC(C)(C)O1. The predicted molar refractivity (Wildman–Crippen MR) is 100 cm³/mol. The highest BCUT2D eigenvalue weighted by atomic mass is 16.8. The molecule has 0 amide bonds. The van der Waals surface area contributed by atoms with Gasteiger partial charge in [-0.3, -0.25) is 0 Å². The molecule has 0 radical (unpaired) electrons. The first-order chi connectivity index (χ1) is 13.2. The van der Waals surface area contributed by atoms with Gasteiger partial charge < -0.3 is 28.4 Å². The standard InChI is InChI=1S/C21H30O7/c1-6-23-19(22)18-17(27-21(4,5)28-18)16(15-13-25-20(2,3)26-15)24-12-14-10-8-7-9-11-14/h7-11,15-18H,6,12-13H2,1-5H3/t15-,16-,17-,18+/m0/s1. The molecule has 2 heterocycles. The fourth-order valence-electron chi connectivity index (χ4n) is 3.49. The molecule has 0 unspecified atom stereocenters. The Kier molecular flexibility index (Phi) is 6.41. The summed E-state index contributed by atoms with van der Waals surface area (Å²) in [4.78, 5) is 12.5. The lowest BCUT2D eigenvalue weighted by atomic mass is 10.0. The number of carbonyl (C=O) groups excluding carboxylic acids is 1. The Morgan fingerprint density at radius 1 is 1.11 bits per heavy atom. The average Bonchev–Trinajstić information content (AvgIpc) is 3.15. The summed E-state index contributed by atoms with van der Waals surface area (Å²) in [5.74, 6) is -2.14. The number of rotatable bonds is 7. The Morgan fingerprint density at radius 3 is 2.43 bits per heavy atom. The Morgan fingerprint density at radius 2 is 1.82 bits per heavy atom. The molecule has 156 valence electrons. The molecule has 3 rings (SSSR count). The number of benzene rings is 1. The quantitative estimate of drug-likeness (QED) is 0.659. The minimum Gasteiger partial charge on any atom is -0.464 e. The molecule has 0 aliphatic carbocycles. The van der Waals surface area contributed by atoms with Crippen molar-refractivity contribution in [1.29, 1.82) is 0 Å². The van der Waals surface area contributed by atoms with Crippen LogP contribution in [0, 0.1) is 0 Å². The van der Waals surface area contributed by atoms with Crippen molar-refractivity contribution < 1.29 is 33.2 Å². The zero-order chi connectivity index (χ0) is 20.4. The van der Waals surface area contributed by atoms with Crippen LogP contribution in [-0.2, 0) is 39.8 Å². The summed E-state index contributed by atoms with van der Waals surface area (Å²) >= 11 is 0. The molecule has 1 aromatic rings. The Labute approximate surface area is 166 Å². The van der Waals surface area contributed by atoms with Crippen LogP contribution in [0.2, 0.25) is 0 Å². The van der Waals surface area contributed by atoms with Gasteiger partial charge in [0.05, 0.1) is 19.8 Å². The first-order valence-electron chi connectivity index (χ1n) is 9.70. The first-order valence-corrected chi connectivity index (χ1v) is 9.70. The summed E-state index contributed by atoms with van der Waals surface area (Å²) in [6.45, 7) is 9.93. The van der Waals surface area contributed by atoms with E-state index in [1.54, 1.807) is 20.8 Å². The lowest BCUT2D eigenvalue weighted by molar-refractivity contribution is -0.190. The van der Waals surface area contributed by atoms with E-state index in [0.29, 0.717) is 13.2 Å². The highest BCUT2D eigenvalue weighted by Crippen LogP contribution is 2.36. The van der Waals surface area contributed by atoms with Crippen LogP contribution < -0.4 is 0 Å². The van der Waals surface area contributed by atoms with Crippen molar-refractivity contribution in [2.45, 2.75) is 77.2 Å². The lowest BCUT2D eigenvalue weighted by Crippen LogP contribution is -2.49. The van der Waals surface area contributed by atoms with Crippen LogP contribution in [0.4, 0.5) is 0 Å². The van der Waals surface area contributed by atoms with Crippen molar-refractivity contribution in [2.75, 3.05) is 13.2 Å². The molecule has 28 heavy (non-hydrogen) atoms. The zero-order valence-corrected chi connectivity index (χ0v) is 17.2. The highest BCUT2D eigenvalue weighted by molar-refractivity contribution is 5.76. The second-order valence-electron chi connectivity index (χ2n) is 7.90. The molecule has 2 saturated heterocycles. The molecule has 1 aromatic carbocycles. The molecular weight excluding hydrogens is 364 g/mol. The molecule has 7 nitrogen and oxygen atoms in total. The third-order valence-corrected chi connectivity index (χ3v) is 4.65. The molecule has 2 aliphatic heterocycles. The zero-order valence-electron chi connectivity index (χ0n) is 17.2. The molecule has 7 heteroatoms. The maximum atomic E-state index is 12.5. The number of esters is 1. The summed E-state index contributed by atoms with van der Waals surface area (Å²) in [6, 6.07) is 9.81. The fourth-order valence-corrected chi connectivity index (χ4v) is 3.49. The van der Waals surface area contributed by atoms with Gasteiger partial charge in [0.15, 0.2) is 17.7 Å². The van der Waals surface area contributed by atoms with Crippen LogP contribution in [0.1, 0.15) is 40.2 Å².